The number of aromatic nitrogens is 1. The highest BCUT2D eigenvalue weighted by atomic mass is 32.2. The summed E-state index contributed by atoms with van der Waals surface area (Å²) in [6.07, 6.45) is 5.11. The van der Waals surface area contributed by atoms with Gasteiger partial charge in [0.05, 0.1) is 11.4 Å². The zero-order chi connectivity index (χ0) is 17.4. The van der Waals surface area contributed by atoms with E-state index in [0.717, 1.165) is 30.7 Å². The highest BCUT2D eigenvalue weighted by Crippen LogP contribution is 2.14. The van der Waals surface area contributed by atoms with Crippen molar-refractivity contribution in [2.45, 2.75) is 51.9 Å². The topological polar surface area (TPSA) is 92.5 Å². The third-order valence-electron chi connectivity index (χ3n) is 4.14. The fourth-order valence-electron chi connectivity index (χ4n) is 2.80. The lowest BCUT2D eigenvalue weighted by Crippen LogP contribution is -2.37. The van der Waals surface area contributed by atoms with Crippen molar-refractivity contribution in [3.63, 3.8) is 0 Å². The van der Waals surface area contributed by atoms with E-state index in [2.05, 4.69) is 10.5 Å². The zero-order valence-corrected chi connectivity index (χ0v) is 15.1. The van der Waals surface area contributed by atoms with Crippen LogP contribution in [0, 0.1) is 6.92 Å². The number of carbonyl (C=O) groups is 1. The minimum absolute atomic E-state index is 0.0504. The maximum Gasteiger partial charge on any atom is 0.220 e. The van der Waals surface area contributed by atoms with Crippen molar-refractivity contribution in [1.82, 2.24) is 14.8 Å². The second-order valence-corrected chi connectivity index (χ2v) is 8.35. The maximum atomic E-state index is 12.2. The lowest BCUT2D eigenvalue weighted by Gasteiger charge is -2.25. The summed E-state index contributed by atoms with van der Waals surface area (Å²) in [7, 11) is -3.15. The summed E-state index contributed by atoms with van der Waals surface area (Å²) in [6.45, 7) is 3.62. The Morgan fingerprint density at radius 1 is 1.29 bits per heavy atom. The van der Waals surface area contributed by atoms with Crippen LogP contribution in [0.1, 0.15) is 50.0 Å². The van der Waals surface area contributed by atoms with Crippen LogP contribution < -0.4 is 5.32 Å². The van der Waals surface area contributed by atoms with Gasteiger partial charge in [-0.25, -0.2) is 12.7 Å². The summed E-state index contributed by atoms with van der Waals surface area (Å²) in [4.78, 5) is 11.7. The predicted molar refractivity (Wildman–Crippen MR) is 91.0 cm³/mol. The van der Waals surface area contributed by atoms with Crippen LogP contribution in [-0.4, -0.2) is 49.2 Å². The van der Waals surface area contributed by atoms with Crippen LogP contribution in [0.3, 0.4) is 0 Å². The van der Waals surface area contributed by atoms with Crippen LogP contribution in [-0.2, 0) is 21.2 Å². The van der Waals surface area contributed by atoms with Crippen LogP contribution in [0.25, 0.3) is 0 Å². The lowest BCUT2D eigenvalue weighted by atomic mass is 10.2. The SMILES string of the molecule is Cc1cc(CCNC(=O)CCCCS(=O)(=O)N2CCCCC2)no1. The molecule has 1 aliphatic heterocycles. The lowest BCUT2D eigenvalue weighted by molar-refractivity contribution is -0.121. The number of amides is 1. The average Bonchev–Trinajstić information content (AvgIpc) is 2.98. The first kappa shape index (κ1) is 18.9. The van der Waals surface area contributed by atoms with Crippen molar-refractivity contribution in [2.24, 2.45) is 0 Å². The van der Waals surface area contributed by atoms with Crippen molar-refractivity contribution < 1.29 is 17.7 Å². The number of piperidine rings is 1. The maximum absolute atomic E-state index is 12.2. The molecule has 1 aromatic heterocycles. The van der Waals surface area contributed by atoms with Gasteiger partial charge in [-0.15, -0.1) is 0 Å². The van der Waals surface area contributed by atoms with E-state index in [1.807, 2.05) is 13.0 Å². The minimum Gasteiger partial charge on any atom is -0.361 e. The zero-order valence-electron chi connectivity index (χ0n) is 14.3. The van der Waals surface area contributed by atoms with E-state index in [4.69, 9.17) is 4.52 Å². The van der Waals surface area contributed by atoms with Gasteiger partial charge in [-0.2, -0.15) is 0 Å². The molecule has 1 aromatic rings. The Hall–Kier alpha value is -1.41. The molecule has 0 aliphatic carbocycles. The number of nitrogens with zero attached hydrogens (tertiary/aromatic N) is 2. The molecule has 0 unspecified atom stereocenters. The molecule has 136 valence electrons. The first-order valence-electron chi connectivity index (χ1n) is 8.64. The summed E-state index contributed by atoms with van der Waals surface area (Å²) in [5.74, 6) is 0.843. The number of nitrogens with one attached hydrogen (secondary N) is 1. The van der Waals surface area contributed by atoms with Crippen LogP contribution in [0.2, 0.25) is 0 Å². The summed E-state index contributed by atoms with van der Waals surface area (Å²) in [5.41, 5.74) is 0.820. The molecule has 8 heteroatoms. The molecule has 1 aliphatic rings. The Labute approximate surface area is 143 Å². The van der Waals surface area contributed by atoms with Gasteiger partial charge in [0.1, 0.15) is 5.76 Å². The van der Waals surface area contributed by atoms with E-state index < -0.39 is 10.0 Å². The molecule has 0 bridgehead atoms. The molecule has 2 heterocycles. The van der Waals surface area contributed by atoms with Gasteiger partial charge in [0.15, 0.2) is 0 Å². The van der Waals surface area contributed by atoms with Gasteiger partial charge in [0.2, 0.25) is 15.9 Å². The van der Waals surface area contributed by atoms with E-state index in [1.165, 1.54) is 0 Å². The summed E-state index contributed by atoms with van der Waals surface area (Å²) in [5, 5.41) is 6.68. The standard InChI is InChI=1S/C16H27N3O4S/c1-14-13-15(18-23-14)8-9-17-16(20)7-3-6-12-24(21,22)19-10-4-2-5-11-19/h13H,2-12H2,1H3,(H,17,20). The van der Waals surface area contributed by atoms with Crippen molar-refractivity contribution in [3.05, 3.63) is 17.5 Å². The summed E-state index contributed by atoms with van der Waals surface area (Å²) < 4.78 is 30.9. The first-order chi connectivity index (χ1) is 11.5. The predicted octanol–water partition coefficient (Wildman–Crippen LogP) is 1.63. The smallest absolute Gasteiger partial charge is 0.220 e. The van der Waals surface area contributed by atoms with E-state index in [0.29, 0.717) is 45.3 Å². The number of aryl methyl sites for hydroxylation is 1. The normalized spacial score (nSPS) is 16.2. The highest BCUT2D eigenvalue weighted by molar-refractivity contribution is 7.89. The quantitative estimate of drug-likeness (QED) is 0.678. The third-order valence-corrected chi connectivity index (χ3v) is 6.10. The van der Waals surface area contributed by atoms with Crippen molar-refractivity contribution in [1.29, 1.82) is 0 Å². The molecule has 0 atom stereocenters. The van der Waals surface area contributed by atoms with Crippen molar-refractivity contribution in [3.8, 4) is 0 Å². The highest BCUT2D eigenvalue weighted by Gasteiger charge is 2.23. The van der Waals surface area contributed by atoms with Crippen molar-refractivity contribution >= 4 is 15.9 Å². The summed E-state index contributed by atoms with van der Waals surface area (Å²) >= 11 is 0. The van der Waals surface area contributed by atoms with Crippen LogP contribution in [0.5, 0.6) is 0 Å². The van der Waals surface area contributed by atoms with Gasteiger partial charge in [-0.1, -0.05) is 11.6 Å². The van der Waals surface area contributed by atoms with Gasteiger partial charge in [-0.05, 0) is 32.6 Å². The molecule has 0 aromatic carbocycles. The van der Waals surface area contributed by atoms with E-state index in [1.54, 1.807) is 4.31 Å². The molecule has 24 heavy (non-hydrogen) atoms. The number of hydrogen-bond donors (Lipinski definition) is 1. The Morgan fingerprint density at radius 3 is 2.71 bits per heavy atom. The fraction of sp³-hybridized carbons (Fsp3) is 0.750. The molecule has 0 radical (unpaired) electrons. The Bertz CT molecular complexity index is 621. The molecule has 1 saturated heterocycles. The Balaban J connectivity index is 1.57. The monoisotopic (exact) mass is 357 g/mol. The molecule has 7 nitrogen and oxygen atoms in total. The molecule has 0 saturated carbocycles. The van der Waals surface area contributed by atoms with Gasteiger partial charge < -0.3 is 9.84 Å². The van der Waals surface area contributed by atoms with E-state index >= 15 is 0 Å². The molecule has 1 amide bonds. The van der Waals surface area contributed by atoms with E-state index in [-0.39, 0.29) is 11.7 Å². The van der Waals surface area contributed by atoms with Crippen LogP contribution in [0.4, 0.5) is 0 Å². The molecule has 1 fully saturated rings. The number of carbonyl (C=O) groups excluding carboxylic acids is 1. The number of hydrogen-bond acceptors (Lipinski definition) is 5. The van der Waals surface area contributed by atoms with Crippen LogP contribution in [0.15, 0.2) is 10.6 Å². The summed E-state index contributed by atoms with van der Waals surface area (Å²) in [6, 6.07) is 1.84. The number of unbranched alkanes of at least 4 members (excludes halogenated alkanes) is 1. The largest absolute Gasteiger partial charge is 0.361 e. The Kier molecular flexibility index (Phi) is 7.23. The third kappa shape index (κ3) is 6.24. The fourth-order valence-corrected chi connectivity index (χ4v) is 4.44. The second-order valence-electron chi connectivity index (χ2n) is 6.26. The van der Waals surface area contributed by atoms with Crippen LogP contribution >= 0.6 is 0 Å². The molecule has 1 N–H and O–H groups in total. The van der Waals surface area contributed by atoms with Gasteiger partial charge in [-0.3, -0.25) is 4.79 Å². The first-order valence-corrected chi connectivity index (χ1v) is 10.2. The average molecular weight is 357 g/mol. The van der Waals surface area contributed by atoms with Gasteiger partial charge >= 0.3 is 0 Å². The Morgan fingerprint density at radius 2 is 2.04 bits per heavy atom. The van der Waals surface area contributed by atoms with Gasteiger partial charge in [0, 0.05) is 38.5 Å². The molecule has 0 spiro atoms. The van der Waals surface area contributed by atoms with E-state index in [9.17, 15) is 13.2 Å². The van der Waals surface area contributed by atoms with Gasteiger partial charge in [0.25, 0.3) is 0 Å². The second kappa shape index (κ2) is 9.17. The number of sulfonamides is 1. The van der Waals surface area contributed by atoms with Crippen molar-refractivity contribution in [2.75, 3.05) is 25.4 Å². The molecular formula is C16H27N3O4S. The number of rotatable bonds is 9. The minimum atomic E-state index is -3.15. The molecule has 2 rings (SSSR count). The molecular weight excluding hydrogens is 330 g/mol.